The number of hydrogen-bond acceptors (Lipinski definition) is 6. The number of piperidine rings is 1. The van der Waals surface area contributed by atoms with Gasteiger partial charge < -0.3 is 20.6 Å². The lowest BCUT2D eigenvalue weighted by Crippen LogP contribution is -2.53. The van der Waals surface area contributed by atoms with Gasteiger partial charge in [-0.25, -0.2) is 0 Å². The Bertz CT molecular complexity index is 1360. The SMILES string of the molecule is COc1cc(N2CCN(C3CCN(F)C(c4cccc5cccnc45)C3)CC2)c2ncccc2c1.Cl.Cl.Cl.O.O. The average Bonchev–Trinajstić information content (AvgIpc) is 2.92. The molecule has 2 atom stereocenters. The molecule has 2 fully saturated rings. The number of fused-ring (bicyclic) bond motifs is 2. The number of piperazine rings is 1. The molecule has 40 heavy (non-hydrogen) atoms. The Hall–Kier alpha value is -2.50. The summed E-state index contributed by atoms with van der Waals surface area (Å²) >= 11 is 0. The minimum Gasteiger partial charge on any atom is -0.497 e. The number of ether oxygens (including phenoxy) is 1. The van der Waals surface area contributed by atoms with Gasteiger partial charge in [0.2, 0.25) is 0 Å². The molecular formula is C28H37Cl3FN5O3. The highest BCUT2D eigenvalue weighted by Gasteiger charge is 2.35. The molecule has 0 aliphatic carbocycles. The van der Waals surface area contributed by atoms with Crippen LogP contribution in [0.3, 0.4) is 0 Å². The molecule has 2 aromatic heterocycles. The molecule has 2 aromatic carbocycles. The summed E-state index contributed by atoms with van der Waals surface area (Å²) in [5.74, 6) is 0.852. The van der Waals surface area contributed by atoms with E-state index < -0.39 is 0 Å². The van der Waals surface area contributed by atoms with E-state index in [2.05, 4.69) is 31.9 Å². The van der Waals surface area contributed by atoms with Crippen molar-refractivity contribution in [3.63, 3.8) is 0 Å². The van der Waals surface area contributed by atoms with Crippen LogP contribution in [0, 0.1) is 0 Å². The zero-order chi connectivity index (χ0) is 23.8. The Balaban J connectivity index is 0.00000160. The number of hydrogen-bond donors (Lipinski definition) is 0. The first-order valence-electron chi connectivity index (χ1n) is 12.4. The van der Waals surface area contributed by atoms with Gasteiger partial charge in [-0.05, 0) is 36.6 Å². The van der Waals surface area contributed by atoms with E-state index in [0.29, 0.717) is 12.6 Å². The molecule has 2 aliphatic heterocycles. The van der Waals surface area contributed by atoms with Crippen molar-refractivity contribution in [2.24, 2.45) is 0 Å². The number of rotatable bonds is 4. The maximum absolute atomic E-state index is 15.1. The Morgan fingerprint density at radius 3 is 2.15 bits per heavy atom. The second-order valence-electron chi connectivity index (χ2n) is 9.48. The van der Waals surface area contributed by atoms with E-state index in [1.807, 2.05) is 48.7 Å². The van der Waals surface area contributed by atoms with E-state index in [-0.39, 0.29) is 54.2 Å². The Morgan fingerprint density at radius 2 is 1.45 bits per heavy atom. The van der Waals surface area contributed by atoms with Crippen molar-refractivity contribution in [2.45, 2.75) is 24.9 Å². The smallest absolute Gasteiger partial charge is 0.121 e. The minimum atomic E-state index is -0.267. The van der Waals surface area contributed by atoms with Gasteiger partial charge in [-0.15, -0.1) is 46.8 Å². The number of anilines is 1. The highest BCUT2D eigenvalue weighted by atomic mass is 35.5. The normalized spacial score (nSPS) is 19.3. The average molecular weight is 617 g/mol. The molecular weight excluding hydrogens is 580 g/mol. The molecule has 2 aliphatic rings. The van der Waals surface area contributed by atoms with Crippen molar-refractivity contribution in [1.82, 2.24) is 20.0 Å². The molecule has 0 amide bonds. The predicted molar refractivity (Wildman–Crippen MR) is 166 cm³/mol. The summed E-state index contributed by atoms with van der Waals surface area (Å²) in [7, 11) is 1.71. The molecule has 0 bridgehead atoms. The van der Waals surface area contributed by atoms with Gasteiger partial charge in [-0.2, -0.15) is 0 Å². The van der Waals surface area contributed by atoms with Crippen molar-refractivity contribution < 1.29 is 20.2 Å². The summed E-state index contributed by atoms with van der Waals surface area (Å²) in [5, 5.41) is 3.17. The van der Waals surface area contributed by atoms with Gasteiger partial charge in [0.25, 0.3) is 0 Å². The molecule has 2 unspecified atom stereocenters. The zero-order valence-electron chi connectivity index (χ0n) is 22.2. The standard InChI is InChI=1S/C28H30FN5O.3ClH.2H2O/c1-35-23-17-21-7-4-11-31-28(21)26(19-23)33-15-13-32(14-16-33)22-9-12-34(29)25(18-22)24-8-2-5-20-6-3-10-30-27(20)24;;;;;/h2-8,10-11,17,19,22,25H,9,12-16,18H2,1H3;3*1H;2*1H2. The van der Waals surface area contributed by atoms with E-state index in [1.165, 1.54) is 0 Å². The maximum atomic E-state index is 15.1. The third-order valence-corrected chi connectivity index (χ3v) is 7.60. The molecule has 0 radical (unpaired) electrons. The molecule has 220 valence electrons. The highest BCUT2D eigenvalue weighted by Crippen LogP contribution is 2.37. The van der Waals surface area contributed by atoms with Crippen molar-refractivity contribution in [3.8, 4) is 5.75 Å². The van der Waals surface area contributed by atoms with Crippen LogP contribution in [0.25, 0.3) is 21.8 Å². The largest absolute Gasteiger partial charge is 0.497 e. The number of pyridine rings is 2. The van der Waals surface area contributed by atoms with Crippen molar-refractivity contribution in [1.29, 1.82) is 0 Å². The lowest BCUT2D eigenvalue weighted by Gasteiger charge is -2.44. The summed E-state index contributed by atoms with van der Waals surface area (Å²) in [5.41, 5.74) is 4.03. The van der Waals surface area contributed by atoms with Crippen LogP contribution in [-0.4, -0.2) is 76.8 Å². The van der Waals surface area contributed by atoms with Gasteiger partial charge in [0, 0.05) is 68.0 Å². The monoisotopic (exact) mass is 615 g/mol. The number of para-hydroxylation sites is 1. The van der Waals surface area contributed by atoms with E-state index in [0.717, 1.165) is 82.9 Å². The first-order chi connectivity index (χ1) is 17.2. The number of methoxy groups -OCH3 is 1. The fourth-order valence-corrected chi connectivity index (χ4v) is 5.76. The topological polar surface area (TPSA) is 108 Å². The number of halogens is 4. The second kappa shape index (κ2) is 15.5. The molecule has 8 nitrogen and oxygen atoms in total. The van der Waals surface area contributed by atoms with E-state index >= 15 is 4.48 Å². The Labute approximate surface area is 252 Å². The van der Waals surface area contributed by atoms with Gasteiger partial charge in [0.15, 0.2) is 0 Å². The minimum absolute atomic E-state index is 0. The third-order valence-electron chi connectivity index (χ3n) is 7.60. The molecule has 4 aromatic rings. The van der Waals surface area contributed by atoms with Crippen molar-refractivity contribution >= 4 is 64.7 Å². The van der Waals surface area contributed by atoms with Crippen LogP contribution >= 0.6 is 37.2 Å². The molecule has 12 heteroatoms. The third kappa shape index (κ3) is 6.86. The van der Waals surface area contributed by atoms with E-state index in [1.54, 1.807) is 13.3 Å². The lowest BCUT2D eigenvalue weighted by molar-refractivity contribution is -0.0693. The summed E-state index contributed by atoms with van der Waals surface area (Å²) in [6, 6.07) is 18.3. The number of aromatic nitrogens is 2. The first-order valence-corrected chi connectivity index (χ1v) is 12.4. The van der Waals surface area contributed by atoms with E-state index in [4.69, 9.17) is 4.74 Å². The van der Waals surface area contributed by atoms with Crippen LogP contribution in [0.15, 0.2) is 67.0 Å². The lowest BCUT2D eigenvalue weighted by atomic mass is 9.91. The molecule has 6 rings (SSSR count). The van der Waals surface area contributed by atoms with Crippen LogP contribution in [-0.2, 0) is 0 Å². The van der Waals surface area contributed by atoms with Gasteiger partial charge >= 0.3 is 0 Å². The van der Waals surface area contributed by atoms with Gasteiger partial charge in [0.1, 0.15) is 5.75 Å². The first kappa shape index (κ1) is 35.5. The second-order valence-corrected chi connectivity index (χ2v) is 9.48. The molecule has 0 spiro atoms. The van der Waals surface area contributed by atoms with Crippen LogP contribution in [0.1, 0.15) is 24.4 Å². The summed E-state index contributed by atoms with van der Waals surface area (Å²) in [6.07, 6.45) is 5.26. The van der Waals surface area contributed by atoms with Crippen LogP contribution in [0.2, 0.25) is 0 Å². The van der Waals surface area contributed by atoms with Crippen LogP contribution in [0.4, 0.5) is 10.2 Å². The van der Waals surface area contributed by atoms with Gasteiger partial charge in [0.05, 0.1) is 29.9 Å². The maximum Gasteiger partial charge on any atom is 0.121 e. The molecule has 4 N–H and O–H groups in total. The molecule has 4 heterocycles. The summed E-state index contributed by atoms with van der Waals surface area (Å²) in [6.45, 7) is 4.17. The fraction of sp³-hybridized carbons (Fsp3) is 0.357. The molecule has 0 saturated carbocycles. The van der Waals surface area contributed by atoms with Crippen molar-refractivity contribution in [3.05, 3.63) is 72.6 Å². The van der Waals surface area contributed by atoms with Gasteiger partial charge in [-0.1, -0.05) is 30.3 Å². The molecule has 2 saturated heterocycles. The van der Waals surface area contributed by atoms with Crippen LogP contribution < -0.4 is 9.64 Å². The van der Waals surface area contributed by atoms with Crippen LogP contribution in [0.5, 0.6) is 5.75 Å². The number of benzene rings is 2. The van der Waals surface area contributed by atoms with E-state index in [9.17, 15) is 0 Å². The summed E-state index contributed by atoms with van der Waals surface area (Å²) in [4.78, 5) is 14.2. The quantitative estimate of drug-likeness (QED) is 0.310. The number of nitrogens with zero attached hydrogens (tertiary/aromatic N) is 5. The van der Waals surface area contributed by atoms with Crippen molar-refractivity contribution in [2.75, 3.05) is 44.7 Å². The fourth-order valence-electron chi connectivity index (χ4n) is 5.76. The Kier molecular flexibility index (Phi) is 13.8. The Morgan fingerprint density at radius 1 is 0.800 bits per heavy atom. The summed E-state index contributed by atoms with van der Waals surface area (Å²) < 4.78 is 20.6. The highest BCUT2D eigenvalue weighted by molar-refractivity contribution is 5.92. The zero-order valence-corrected chi connectivity index (χ0v) is 24.7. The predicted octanol–water partition coefficient (Wildman–Crippen LogP) is 4.62. The van der Waals surface area contributed by atoms with Gasteiger partial charge in [-0.3, -0.25) is 14.9 Å².